The summed E-state index contributed by atoms with van der Waals surface area (Å²) in [5.74, 6) is -0.235. The molecule has 2 saturated heterocycles. The highest BCUT2D eigenvalue weighted by Crippen LogP contribution is 2.19. The molecular formula is C18H26FN3O2. The molecule has 5 nitrogen and oxygen atoms in total. The molecule has 1 amide bonds. The zero-order chi connectivity index (χ0) is 17.1. The molecule has 6 heteroatoms. The fraction of sp³-hybridized carbons (Fsp3) is 0.611. The molecule has 2 heterocycles. The van der Waals surface area contributed by atoms with E-state index in [-0.39, 0.29) is 17.8 Å². The lowest BCUT2D eigenvalue weighted by Crippen LogP contribution is -2.52. The molecule has 2 aliphatic heterocycles. The number of likely N-dealkylation sites (tertiary alicyclic amines) is 1. The number of likely N-dealkylation sites (N-methyl/N-ethyl adjacent to an activating group) is 1. The largest absolute Gasteiger partial charge is 0.390 e. The number of halogens is 1. The van der Waals surface area contributed by atoms with Gasteiger partial charge in [0.1, 0.15) is 5.82 Å². The number of carbonyl (C=O) groups excluding carboxylic acids is 1. The molecule has 1 aromatic rings. The molecule has 2 aliphatic rings. The Labute approximate surface area is 142 Å². The Bertz CT molecular complexity index is 575. The third kappa shape index (κ3) is 4.12. The number of rotatable bonds is 4. The van der Waals surface area contributed by atoms with Crippen molar-refractivity contribution in [3.63, 3.8) is 0 Å². The summed E-state index contributed by atoms with van der Waals surface area (Å²) in [5, 5.41) is 10.3. The van der Waals surface area contributed by atoms with Crippen LogP contribution in [0.4, 0.5) is 4.39 Å². The minimum Gasteiger partial charge on any atom is -0.390 e. The summed E-state index contributed by atoms with van der Waals surface area (Å²) in [6.07, 6.45) is 0.403. The number of hydrogen-bond donors (Lipinski definition) is 1. The van der Waals surface area contributed by atoms with Crippen LogP contribution < -0.4 is 0 Å². The minimum atomic E-state index is -0.480. The van der Waals surface area contributed by atoms with E-state index in [4.69, 9.17) is 0 Å². The van der Waals surface area contributed by atoms with E-state index in [1.807, 2.05) is 6.07 Å². The predicted octanol–water partition coefficient (Wildman–Crippen LogP) is 0.577. The number of aliphatic hydroxyl groups excluding tert-OH is 1. The molecule has 0 radical (unpaired) electrons. The van der Waals surface area contributed by atoms with E-state index in [0.29, 0.717) is 25.9 Å². The summed E-state index contributed by atoms with van der Waals surface area (Å²) < 4.78 is 13.2. The molecule has 0 aliphatic carbocycles. The van der Waals surface area contributed by atoms with Crippen molar-refractivity contribution in [3.05, 3.63) is 35.6 Å². The monoisotopic (exact) mass is 335 g/mol. The van der Waals surface area contributed by atoms with Crippen LogP contribution in [0, 0.1) is 5.82 Å². The molecule has 3 rings (SSSR count). The lowest BCUT2D eigenvalue weighted by molar-refractivity contribution is -0.130. The van der Waals surface area contributed by atoms with Gasteiger partial charge in [-0.1, -0.05) is 12.1 Å². The number of benzene rings is 1. The first kappa shape index (κ1) is 17.3. The van der Waals surface area contributed by atoms with Gasteiger partial charge in [0.15, 0.2) is 0 Å². The summed E-state index contributed by atoms with van der Waals surface area (Å²) in [6, 6.07) is 6.42. The van der Waals surface area contributed by atoms with Crippen molar-refractivity contribution >= 4 is 5.91 Å². The average Bonchev–Trinajstić information content (AvgIpc) is 2.95. The summed E-state index contributed by atoms with van der Waals surface area (Å²) in [5.41, 5.74) is 0.832. The Balaban J connectivity index is 1.51. The molecule has 132 valence electrons. The second-order valence-electron chi connectivity index (χ2n) is 6.90. The smallest absolute Gasteiger partial charge is 0.223 e. The number of nitrogens with zero attached hydrogens (tertiary/aromatic N) is 3. The number of aliphatic hydroxyl groups is 1. The maximum absolute atomic E-state index is 13.2. The molecule has 0 spiro atoms. The average molecular weight is 335 g/mol. The number of β-amino-alcohol motifs (C(OH)–C–C–N with tert-alkyl or cyclic N) is 1. The molecule has 0 aromatic heterocycles. The quantitative estimate of drug-likeness (QED) is 0.874. The van der Waals surface area contributed by atoms with Crippen LogP contribution in [0.15, 0.2) is 24.3 Å². The highest BCUT2D eigenvalue weighted by molar-refractivity contribution is 5.77. The van der Waals surface area contributed by atoms with Crippen molar-refractivity contribution in [1.82, 2.24) is 14.7 Å². The van der Waals surface area contributed by atoms with Gasteiger partial charge < -0.3 is 14.9 Å². The molecule has 2 atom stereocenters. The van der Waals surface area contributed by atoms with Crippen molar-refractivity contribution in [2.45, 2.75) is 25.0 Å². The summed E-state index contributed by atoms with van der Waals surface area (Å²) in [7, 11) is 2.10. The lowest BCUT2D eigenvalue weighted by Gasteiger charge is -2.37. The SMILES string of the molecule is CN1CCN([C@H]2CN(C(=O)CCc3cccc(F)c3)C[C@@H]2O)CC1. The van der Waals surface area contributed by atoms with Gasteiger partial charge in [0.2, 0.25) is 5.91 Å². The summed E-state index contributed by atoms with van der Waals surface area (Å²) in [4.78, 5) is 18.8. The second-order valence-corrected chi connectivity index (χ2v) is 6.90. The Hall–Kier alpha value is -1.50. The molecule has 0 saturated carbocycles. The zero-order valence-corrected chi connectivity index (χ0v) is 14.2. The van der Waals surface area contributed by atoms with Gasteiger partial charge in [-0.15, -0.1) is 0 Å². The highest BCUT2D eigenvalue weighted by atomic mass is 19.1. The summed E-state index contributed by atoms with van der Waals surface area (Å²) in [6.45, 7) is 4.85. The normalized spacial score (nSPS) is 26.0. The number of carbonyl (C=O) groups is 1. The second kappa shape index (κ2) is 7.59. The van der Waals surface area contributed by atoms with E-state index in [2.05, 4.69) is 16.8 Å². The molecule has 2 fully saturated rings. The van der Waals surface area contributed by atoms with Crippen molar-refractivity contribution in [2.24, 2.45) is 0 Å². The third-order valence-electron chi connectivity index (χ3n) is 5.14. The number of amides is 1. The number of piperazine rings is 1. The van der Waals surface area contributed by atoms with Crippen LogP contribution in [0.5, 0.6) is 0 Å². The van der Waals surface area contributed by atoms with Gasteiger partial charge in [-0.25, -0.2) is 4.39 Å². The maximum Gasteiger partial charge on any atom is 0.223 e. The van der Waals surface area contributed by atoms with Crippen LogP contribution in [0.25, 0.3) is 0 Å². The van der Waals surface area contributed by atoms with Gasteiger partial charge in [-0.05, 0) is 31.2 Å². The van der Waals surface area contributed by atoms with Crippen LogP contribution in [0.3, 0.4) is 0 Å². The maximum atomic E-state index is 13.2. The first-order valence-corrected chi connectivity index (χ1v) is 8.66. The molecular weight excluding hydrogens is 309 g/mol. The number of hydrogen-bond acceptors (Lipinski definition) is 4. The summed E-state index contributed by atoms with van der Waals surface area (Å²) >= 11 is 0. The third-order valence-corrected chi connectivity index (χ3v) is 5.14. The van der Waals surface area contributed by atoms with Crippen LogP contribution in [0.1, 0.15) is 12.0 Å². The van der Waals surface area contributed by atoms with E-state index in [0.717, 1.165) is 31.7 Å². The van der Waals surface area contributed by atoms with Crippen LogP contribution in [-0.4, -0.2) is 84.2 Å². The molecule has 0 bridgehead atoms. The van der Waals surface area contributed by atoms with E-state index >= 15 is 0 Å². The van der Waals surface area contributed by atoms with Gasteiger partial charge in [-0.2, -0.15) is 0 Å². The Kier molecular flexibility index (Phi) is 5.48. The van der Waals surface area contributed by atoms with E-state index in [1.54, 1.807) is 11.0 Å². The van der Waals surface area contributed by atoms with Crippen LogP contribution in [-0.2, 0) is 11.2 Å². The van der Waals surface area contributed by atoms with Crippen LogP contribution in [0.2, 0.25) is 0 Å². The van der Waals surface area contributed by atoms with Gasteiger partial charge in [0, 0.05) is 45.7 Å². The van der Waals surface area contributed by atoms with Crippen molar-refractivity contribution in [3.8, 4) is 0 Å². The molecule has 1 N–H and O–H groups in total. The van der Waals surface area contributed by atoms with Crippen LogP contribution >= 0.6 is 0 Å². The topological polar surface area (TPSA) is 47.0 Å². The van der Waals surface area contributed by atoms with Crippen molar-refractivity contribution < 1.29 is 14.3 Å². The lowest BCUT2D eigenvalue weighted by atomic mass is 10.1. The minimum absolute atomic E-state index is 0.0370. The zero-order valence-electron chi connectivity index (χ0n) is 14.2. The standard InChI is InChI=1S/C18H26FN3O2/c1-20-7-9-21(10-8-20)16-12-22(13-17(16)23)18(24)6-5-14-3-2-4-15(19)11-14/h2-4,11,16-17,23H,5-10,12-13H2,1H3/t16-,17-/m0/s1. The fourth-order valence-corrected chi connectivity index (χ4v) is 3.59. The van der Waals surface area contributed by atoms with Crippen molar-refractivity contribution in [2.75, 3.05) is 46.3 Å². The van der Waals surface area contributed by atoms with Gasteiger partial charge in [0.25, 0.3) is 0 Å². The molecule has 1 aromatic carbocycles. The fourth-order valence-electron chi connectivity index (χ4n) is 3.59. The number of aryl methyl sites for hydroxylation is 1. The van der Waals surface area contributed by atoms with Crippen molar-refractivity contribution in [1.29, 1.82) is 0 Å². The van der Waals surface area contributed by atoms with Gasteiger partial charge >= 0.3 is 0 Å². The Morgan fingerprint density at radius 3 is 2.71 bits per heavy atom. The van der Waals surface area contributed by atoms with Gasteiger partial charge in [-0.3, -0.25) is 9.69 Å². The molecule has 0 unspecified atom stereocenters. The predicted molar refractivity (Wildman–Crippen MR) is 90.2 cm³/mol. The van der Waals surface area contributed by atoms with Gasteiger partial charge in [0.05, 0.1) is 12.1 Å². The van der Waals surface area contributed by atoms with E-state index in [9.17, 15) is 14.3 Å². The Morgan fingerprint density at radius 1 is 1.25 bits per heavy atom. The first-order chi connectivity index (χ1) is 11.5. The molecule has 24 heavy (non-hydrogen) atoms. The van der Waals surface area contributed by atoms with E-state index in [1.165, 1.54) is 12.1 Å². The van der Waals surface area contributed by atoms with E-state index < -0.39 is 6.10 Å². The first-order valence-electron chi connectivity index (χ1n) is 8.66. The Morgan fingerprint density at radius 2 is 2.00 bits per heavy atom. The highest BCUT2D eigenvalue weighted by Gasteiger charge is 2.38.